The van der Waals surface area contributed by atoms with Crippen molar-refractivity contribution in [1.29, 1.82) is 0 Å². The van der Waals surface area contributed by atoms with Crippen molar-refractivity contribution >= 4 is 0 Å². The molecule has 0 amide bonds. The Balaban J connectivity index is 2.40. The van der Waals surface area contributed by atoms with Crippen molar-refractivity contribution in [3.63, 3.8) is 0 Å². The summed E-state index contributed by atoms with van der Waals surface area (Å²) in [6.45, 7) is 1.87. The van der Waals surface area contributed by atoms with Gasteiger partial charge in [-0.3, -0.25) is 0 Å². The zero-order chi connectivity index (χ0) is 8.27. The summed E-state index contributed by atoms with van der Waals surface area (Å²) < 4.78 is 0. The smallest absolute Gasteiger partial charge is 0.0667 e. The van der Waals surface area contributed by atoms with Crippen LogP contribution in [0, 0.1) is 5.92 Å². The quantitative estimate of drug-likeness (QED) is 0.644. The zero-order valence-electron chi connectivity index (χ0n) is 7.51. The fourth-order valence-electron chi connectivity index (χ4n) is 2.19. The molecule has 11 heavy (non-hydrogen) atoms. The van der Waals surface area contributed by atoms with Gasteiger partial charge in [-0.25, -0.2) is 0 Å². The molecule has 2 heteroatoms. The molecular weight excluding hydrogens is 138 g/mol. The Morgan fingerprint density at radius 3 is 2.27 bits per heavy atom. The number of likely N-dealkylation sites (N-methyl/N-ethyl adjacent to an activating group) is 1. The summed E-state index contributed by atoms with van der Waals surface area (Å²) in [6.07, 6.45) is 5.06. The third-order valence-corrected chi connectivity index (χ3v) is 2.76. The molecular formula is C9H19NO. The second-order valence-corrected chi connectivity index (χ2v) is 3.60. The predicted molar refractivity (Wildman–Crippen MR) is 46.5 cm³/mol. The van der Waals surface area contributed by atoms with E-state index in [1.54, 1.807) is 0 Å². The number of nitrogens with one attached hydrogen (secondary N) is 1. The van der Waals surface area contributed by atoms with Crippen LogP contribution >= 0.6 is 0 Å². The third kappa shape index (κ3) is 2.17. The first kappa shape index (κ1) is 9.01. The summed E-state index contributed by atoms with van der Waals surface area (Å²) in [5.74, 6) is 0.708. The summed E-state index contributed by atoms with van der Waals surface area (Å²) in [5.41, 5.74) is 0. The van der Waals surface area contributed by atoms with Gasteiger partial charge in [0.1, 0.15) is 0 Å². The van der Waals surface area contributed by atoms with Gasteiger partial charge in [-0.2, -0.15) is 0 Å². The third-order valence-electron chi connectivity index (χ3n) is 2.76. The first-order valence-electron chi connectivity index (χ1n) is 4.61. The van der Waals surface area contributed by atoms with Crippen LogP contribution in [0.3, 0.4) is 0 Å². The van der Waals surface area contributed by atoms with Gasteiger partial charge >= 0.3 is 0 Å². The van der Waals surface area contributed by atoms with Crippen LogP contribution < -0.4 is 5.32 Å². The van der Waals surface area contributed by atoms with E-state index < -0.39 is 0 Å². The molecule has 0 radical (unpaired) electrons. The lowest BCUT2D eigenvalue weighted by Crippen LogP contribution is -2.41. The molecule has 0 aliphatic heterocycles. The molecule has 2 unspecified atom stereocenters. The van der Waals surface area contributed by atoms with E-state index in [0.717, 1.165) is 0 Å². The van der Waals surface area contributed by atoms with Crippen LogP contribution in [0.4, 0.5) is 0 Å². The van der Waals surface area contributed by atoms with E-state index in [2.05, 4.69) is 5.32 Å². The highest BCUT2D eigenvalue weighted by molar-refractivity contribution is 4.82. The van der Waals surface area contributed by atoms with E-state index >= 15 is 0 Å². The Kier molecular flexibility index (Phi) is 3.34. The number of hydrogen-bond acceptors (Lipinski definition) is 2. The van der Waals surface area contributed by atoms with Gasteiger partial charge < -0.3 is 10.4 Å². The number of aliphatic hydroxyl groups is 1. The molecule has 0 heterocycles. The average Bonchev–Trinajstić information content (AvgIpc) is 2.40. The van der Waals surface area contributed by atoms with Crippen molar-refractivity contribution in [2.24, 2.45) is 5.92 Å². The van der Waals surface area contributed by atoms with Crippen LogP contribution in [0.2, 0.25) is 0 Å². The average molecular weight is 157 g/mol. The van der Waals surface area contributed by atoms with E-state index in [4.69, 9.17) is 0 Å². The van der Waals surface area contributed by atoms with Crippen LogP contribution in [0.5, 0.6) is 0 Å². The first-order chi connectivity index (χ1) is 5.25. The van der Waals surface area contributed by atoms with Gasteiger partial charge in [-0.1, -0.05) is 12.8 Å². The molecule has 0 saturated heterocycles. The van der Waals surface area contributed by atoms with E-state index in [1.165, 1.54) is 25.7 Å². The summed E-state index contributed by atoms with van der Waals surface area (Å²) >= 11 is 0. The SMILES string of the molecule is CNC(C(C)O)C1CCCC1. The molecule has 1 fully saturated rings. The maximum atomic E-state index is 9.41. The Hall–Kier alpha value is -0.0800. The minimum absolute atomic E-state index is 0.205. The summed E-state index contributed by atoms with van der Waals surface area (Å²) in [4.78, 5) is 0. The van der Waals surface area contributed by atoms with E-state index in [1.807, 2.05) is 14.0 Å². The molecule has 2 nitrogen and oxygen atoms in total. The van der Waals surface area contributed by atoms with Gasteiger partial charge in [0.05, 0.1) is 6.10 Å². The van der Waals surface area contributed by atoms with Gasteiger partial charge in [-0.15, -0.1) is 0 Å². The lowest BCUT2D eigenvalue weighted by Gasteiger charge is -2.25. The van der Waals surface area contributed by atoms with Crippen LogP contribution in [0.25, 0.3) is 0 Å². The molecule has 66 valence electrons. The second kappa shape index (κ2) is 4.07. The van der Waals surface area contributed by atoms with Crippen LogP contribution in [-0.4, -0.2) is 24.3 Å². The topological polar surface area (TPSA) is 32.3 Å². The molecule has 1 saturated carbocycles. The fraction of sp³-hybridized carbons (Fsp3) is 1.00. The second-order valence-electron chi connectivity index (χ2n) is 3.60. The zero-order valence-corrected chi connectivity index (χ0v) is 7.51. The van der Waals surface area contributed by atoms with Crippen molar-refractivity contribution in [2.45, 2.75) is 44.8 Å². The first-order valence-corrected chi connectivity index (χ1v) is 4.61. The van der Waals surface area contributed by atoms with Gasteiger partial charge in [-0.05, 0) is 32.7 Å². The molecule has 0 aromatic rings. The lowest BCUT2D eigenvalue weighted by atomic mass is 9.94. The number of hydrogen-bond donors (Lipinski definition) is 2. The minimum atomic E-state index is -0.205. The highest BCUT2D eigenvalue weighted by Gasteiger charge is 2.26. The van der Waals surface area contributed by atoms with Gasteiger partial charge in [0.2, 0.25) is 0 Å². The summed E-state index contributed by atoms with van der Waals surface area (Å²) in [7, 11) is 1.94. The highest BCUT2D eigenvalue weighted by Crippen LogP contribution is 2.28. The monoisotopic (exact) mass is 157 g/mol. The normalized spacial score (nSPS) is 25.4. The number of aliphatic hydroxyl groups excluding tert-OH is 1. The Bertz CT molecular complexity index is 108. The van der Waals surface area contributed by atoms with Crippen molar-refractivity contribution < 1.29 is 5.11 Å². The molecule has 0 aromatic carbocycles. The van der Waals surface area contributed by atoms with Gasteiger partial charge in [0.15, 0.2) is 0 Å². The van der Waals surface area contributed by atoms with E-state index in [-0.39, 0.29) is 6.10 Å². The van der Waals surface area contributed by atoms with Crippen LogP contribution in [0.15, 0.2) is 0 Å². The molecule has 0 spiro atoms. The Labute approximate surface area is 69.0 Å². The standard InChI is InChI=1S/C9H19NO/c1-7(11)9(10-2)8-5-3-4-6-8/h7-11H,3-6H2,1-2H3. The Morgan fingerprint density at radius 1 is 1.36 bits per heavy atom. The van der Waals surface area contributed by atoms with Crippen molar-refractivity contribution in [2.75, 3.05) is 7.05 Å². The molecule has 1 aliphatic carbocycles. The van der Waals surface area contributed by atoms with Gasteiger partial charge in [0, 0.05) is 6.04 Å². The summed E-state index contributed by atoms with van der Waals surface area (Å²) in [5, 5.41) is 12.6. The lowest BCUT2D eigenvalue weighted by molar-refractivity contribution is 0.118. The van der Waals surface area contributed by atoms with Crippen molar-refractivity contribution in [3.8, 4) is 0 Å². The van der Waals surface area contributed by atoms with Gasteiger partial charge in [0.25, 0.3) is 0 Å². The Morgan fingerprint density at radius 2 is 1.91 bits per heavy atom. The molecule has 1 aliphatic rings. The highest BCUT2D eigenvalue weighted by atomic mass is 16.3. The molecule has 0 aromatic heterocycles. The largest absolute Gasteiger partial charge is 0.392 e. The van der Waals surface area contributed by atoms with Crippen molar-refractivity contribution in [1.82, 2.24) is 5.32 Å². The molecule has 0 bridgehead atoms. The fourth-order valence-corrected chi connectivity index (χ4v) is 2.19. The van der Waals surface area contributed by atoms with E-state index in [9.17, 15) is 5.11 Å². The van der Waals surface area contributed by atoms with Crippen LogP contribution in [0.1, 0.15) is 32.6 Å². The minimum Gasteiger partial charge on any atom is -0.392 e. The predicted octanol–water partition coefficient (Wildman–Crippen LogP) is 1.15. The maximum Gasteiger partial charge on any atom is 0.0667 e. The summed E-state index contributed by atoms with van der Waals surface area (Å²) in [6, 6.07) is 0.317. The van der Waals surface area contributed by atoms with Crippen molar-refractivity contribution in [3.05, 3.63) is 0 Å². The van der Waals surface area contributed by atoms with Crippen LogP contribution in [-0.2, 0) is 0 Å². The maximum absolute atomic E-state index is 9.41. The van der Waals surface area contributed by atoms with E-state index in [0.29, 0.717) is 12.0 Å². The molecule has 2 N–H and O–H groups in total. The molecule has 2 atom stereocenters. The molecule has 1 rings (SSSR count). The number of rotatable bonds is 3.